The fraction of sp³-hybridized carbons (Fsp3) is 0.591. The van der Waals surface area contributed by atoms with Gasteiger partial charge < -0.3 is 9.84 Å². The Hall–Kier alpha value is -1.77. The Balaban J connectivity index is 1.89. The monoisotopic (exact) mass is 346 g/mol. The highest BCUT2D eigenvalue weighted by Gasteiger charge is 2.06. The van der Waals surface area contributed by atoms with Crippen molar-refractivity contribution in [2.24, 2.45) is 0 Å². The van der Waals surface area contributed by atoms with Crippen molar-refractivity contribution in [3.8, 4) is 5.75 Å². The molecule has 0 aliphatic carbocycles. The van der Waals surface area contributed by atoms with Crippen LogP contribution in [0.15, 0.2) is 36.4 Å². The normalized spacial score (nSPS) is 11.1. The zero-order valence-corrected chi connectivity index (χ0v) is 15.7. The Bertz CT molecular complexity index is 477. The van der Waals surface area contributed by atoms with Gasteiger partial charge in [-0.15, -0.1) is 0 Å². The topological polar surface area (TPSA) is 46.5 Å². The number of aromatic hydroxyl groups is 1. The van der Waals surface area contributed by atoms with Crippen molar-refractivity contribution in [2.45, 2.75) is 77.6 Å². The number of esters is 1. The van der Waals surface area contributed by atoms with Crippen LogP contribution in [0, 0.1) is 0 Å². The number of phenolic OH excluding ortho intramolecular Hbond substituents is 1. The molecule has 0 saturated carbocycles. The van der Waals surface area contributed by atoms with Gasteiger partial charge in [0.2, 0.25) is 0 Å². The van der Waals surface area contributed by atoms with Crippen LogP contribution in [0.3, 0.4) is 0 Å². The molecule has 3 heteroatoms. The van der Waals surface area contributed by atoms with Crippen LogP contribution < -0.4 is 0 Å². The Labute approximate surface area is 153 Å². The molecule has 0 spiro atoms. The minimum atomic E-state index is -0.316. The molecule has 3 nitrogen and oxygen atoms in total. The Morgan fingerprint density at radius 1 is 0.880 bits per heavy atom. The summed E-state index contributed by atoms with van der Waals surface area (Å²) in [7, 11) is 0. The van der Waals surface area contributed by atoms with Gasteiger partial charge in [-0.3, -0.25) is 0 Å². The second-order valence-electron chi connectivity index (χ2n) is 6.56. The van der Waals surface area contributed by atoms with Crippen molar-refractivity contribution < 1.29 is 14.6 Å². The zero-order chi connectivity index (χ0) is 18.2. The highest BCUT2D eigenvalue weighted by molar-refractivity contribution is 5.89. The molecule has 0 aliphatic heterocycles. The molecule has 1 rings (SSSR count). The predicted molar refractivity (Wildman–Crippen MR) is 104 cm³/mol. The molecule has 0 heterocycles. The number of carbonyl (C=O) groups excluding carboxylic acids is 1. The first-order valence-electron chi connectivity index (χ1n) is 9.85. The van der Waals surface area contributed by atoms with Crippen molar-refractivity contribution in [2.75, 3.05) is 6.61 Å². The van der Waals surface area contributed by atoms with Crippen LogP contribution in [0.2, 0.25) is 0 Å². The first kappa shape index (κ1) is 21.3. The molecule has 0 radical (unpaired) electrons. The molecule has 0 amide bonds. The number of carbonyl (C=O) groups is 1. The molecule has 0 aliphatic rings. The van der Waals surface area contributed by atoms with Gasteiger partial charge in [0, 0.05) is 0 Å². The molecule has 0 aromatic heterocycles. The number of rotatable bonds is 14. The summed E-state index contributed by atoms with van der Waals surface area (Å²) in [5.74, 6) is -0.160. The smallest absolute Gasteiger partial charge is 0.338 e. The Morgan fingerprint density at radius 3 is 2.08 bits per heavy atom. The van der Waals surface area contributed by atoms with Gasteiger partial charge >= 0.3 is 5.97 Å². The van der Waals surface area contributed by atoms with Crippen molar-refractivity contribution in [3.05, 3.63) is 42.0 Å². The van der Waals surface area contributed by atoms with Gasteiger partial charge in [0.25, 0.3) is 0 Å². The fourth-order valence-corrected chi connectivity index (χ4v) is 2.66. The summed E-state index contributed by atoms with van der Waals surface area (Å²) in [5, 5.41) is 9.19. The maximum atomic E-state index is 11.8. The first-order valence-corrected chi connectivity index (χ1v) is 9.85. The molecule has 0 fully saturated rings. The summed E-state index contributed by atoms with van der Waals surface area (Å²) in [4.78, 5) is 11.8. The molecule has 140 valence electrons. The summed E-state index contributed by atoms with van der Waals surface area (Å²) < 4.78 is 5.24. The third-order valence-corrected chi connectivity index (χ3v) is 4.24. The van der Waals surface area contributed by atoms with E-state index in [0.717, 1.165) is 12.8 Å². The molecule has 0 saturated heterocycles. The second kappa shape index (κ2) is 14.6. The van der Waals surface area contributed by atoms with Gasteiger partial charge in [0.05, 0.1) is 12.2 Å². The van der Waals surface area contributed by atoms with Crippen molar-refractivity contribution in [1.29, 1.82) is 0 Å². The number of allylic oxidation sites excluding steroid dienone is 2. The van der Waals surface area contributed by atoms with Gasteiger partial charge in [0.15, 0.2) is 0 Å². The average Bonchev–Trinajstić information content (AvgIpc) is 2.62. The lowest BCUT2D eigenvalue weighted by atomic mass is 10.1. The lowest BCUT2D eigenvalue weighted by molar-refractivity contribution is 0.0497. The van der Waals surface area contributed by atoms with E-state index in [1.54, 1.807) is 12.1 Å². The molecule has 1 N–H and O–H groups in total. The van der Waals surface area contributed by atoms with Crippen LogP contribution in [-0.2, 0) is 4.74 Å². The van der Waals surface area contributed by atoms with E-state index in [9.17, 15) is 9.90 Å². The van der Waals surface area contributed by atoms with Crippen LogP contribution in [0.4, 0.5) is 0 Å². The number of unbranched alkanes of at least 4 members (excludes halogenated alkanes) is 9. The highest BCUT2D eigenvalue weighted by Crippen LogP contribution is 2.11. The molecule has 1 aromatic carbocycles. The standard InChI is InChI=1S/C22H34O3/c1-2-3-4-5-6-7-8-9-10-11-12-13-14-19-25-22(24)20-15-17-21(23)18-16-20/h7-8,15-18,23H,2-6,9-14,19H2,1H3/b8-7+. The molecule has 0 atom stereocenters. The number of ether oxygens (including phenoxy) is 1. The SMILES string of the molecule is CCCCCC/C=C/CCCCCCCOC(=O)c1ccc(O)cc1. The van der Waals surface area contributed by atoms with Crippen molar-refractivity contribution >= 4 is 5.97 Å². The van der Waals surface area contributed by atoms with Crippen LogP contribution in [0.5, 0.6) is 5.75 Å². The van der Waals surface area contributed by atoms with E-state index in [4.69, 9.17) is 4.74 Å². The maximum absolute atomic E-state index is 11.8. The lowest BCUT2D eigenvalue weighted by Gasteiger charge is -2.05. The van der Waals surface area contributed by atoms with E-state index in [1.165, 1.54) is 69.9 Å². The number of hydrogen-bond acceptors (Lipinski definition) is 3. The van der Waals surface area contributed by atoms with Crippen LogP contribution >= 0.6 is 0 Å². The lowest BCUT2D eigenvalue weighted by Crippen LogP contribution is -2.06. The second-order valence-corrected chi connectivity index (χ2v) is 6.56. The summed E-state index contributed by atoms with van der Waals surface area (Å²) in [5.41, 5.74) is 0.485. The van der Waals surface area contributed by atoms with Crippen LogP contribution in [0.1, 0.15) is 87.9 Å². The van der Waals surface area contributed by atoms with Gasteiger partial charge in [-0.05, 0) is 56.4 Å². The number of benzene rings is 1. The van der Waals surface area contributed by atoms with E-state index in [2.05, 4.69) is 19.1 Å². The van der Waals surface area contributed by atoms with E-state index < -0.39 is 0 Å². The van der Waals surface area contributed by atoms with Gasteiger partial charge in [0.1, 0.15) is 5.75 Å². The van der Waals surface area contributed by atoms with E-state index in [0.29, 0.717) is 12.2 Å². The summed E-state index contributed by atoms with van der Waals surface area (Å²) >= 11 is 0. The number of phenols is 1. The van der Waals surface area contributed by atoms with Gasteiger partial charge in [-0.25, -0.2) is 4.79 Å². The van der Waals surface area contributed by atoms with E-state index >= 15 is 0 Å². The van der Waals surface area contributed by atoms with Gasteiger partial charge in [-0.2, -0.15) is 0 Å². The molecule has 0 unspecified atom stereocenters. The van der Waals surface area contributed by atoms with Crippen LogP contribution in [0.25, 0.3) is 0 Å². The third kappa shape index (κ3) is 11.4. The molecular formula is C22H34O3. The summed E-state index contributed by atoms with van der Waals surface area (Å²) in [6.45, 7) is 2.72. The maximum Gasteiger partial charge on any atom is 0.338 e. The molecule has 1 aromatic rings. The minimum absolute atomic E-state index is 0.155. The minimum Gasteiger partial charge on any atom is -0.508 e. The quantitative estimate of drug-likeness (QED) is 0.240. The molecule has 0 bridgehead atoms. The predicted octanol–water partition coefficient (Wildman–Crippen LogP) is 6.42. The highest BCUT2D eigenvalue weighted by atomic mass is 16.5. The average molecular weight is 347 g/mol. The largest absolute Gasteiger partial charge is 0.508 e. The summed E-state index contributed by atoms with van der Waals surface area (Å²) in [6, 6.07) is 6.15. The van der Waals surface area contributed by atoms with Crippen LogP contribution in [-0.4, -0.2) is 17.7 Å². The third-order valence-electron chi connectivity index (χ3n) is 4.24. The number of hydrogen-bond donors (Lipinski definition) is 1. The Morgan fingerprint density at radius 2 is 1.44 bits per heavy atom. The van der Waals surface area contributed by atoms with E-state index in [-0.39, 0.29) is 11.7 Å². The Kier molecular flexibility index (Phi) is 12.4. The summed E-state index contributed by atoms with van der Waals surface area (Å²) in [6.07, 6.45) is 18.1. The fourth-order valence-electron chi connectivity index (χ4n) is 2.66. The molecule has 25 heavy (non-hydrogen) atoms. The molecular weight excluding hydrogens is 312 g/mol. The zero-order valence-electron chi connectivity index (χ0n) is 15.7. The van der Waals surface area contributed by atoms with Gasteiger partial charge in [-0.1, -0.05) is 57.6 Å². The van der Waals surface area contributed by atoms with E-state index in [1.807, 2.05) is 0 Å². The first-order chi connectivity index (χ1) is 12.2. The van der Waals surface area contributed by atoms with Crippen molar-refractivity contribution in [3.63, 3.8) is 0 Å². The van der Waals surface area contributed by atoms with Crippen molar-refractivity contribution in [1.82, 2.24) is 0 Å².